The molecule has 2 amide bonds. The van der Waals surface area contributed by atoms with Crippen LogP contribution in [0.2, 0.25) is 0 Å². The number of amides is 2. The molecule has 0 spiro atoms. The third kappa shape index (κ3) is 6.58. The number of hydrogen-bond acceptors (Lipinski definition) is 6. The van der Waals surface area contributed by atoms with E-state index >= 15 is 0 Å². The van der Waals surface area contributed by atoms with E-state index in [-0.39, 0.29) is 51.0 Å². The van der Waals surface area contributed by atoms with E-state index in [1.54, 1.807) is 18.3 Å². The molecule has 3 aromatic rings. The predicted molar refractivity (Wildman–Crippen MR) is 151 cm³/mol. The topological polar surface area (TPSA) is 115 Å². The number of rotatable bonds is 8. The molecule has 0 unspecified atom stereocenters. The first-order chi connectivity index (χ1) is 21.4. The minimum atomic E-state index is -4.44. The van der Waals surface area contributed by atoms with Crippen molar-refractivity contribution in [2.75, 3.05) is 19.8 Å². The first-order valence-electron chi connectivity index (χ1n) is 15.1. The molecular formula is C30H34F5N7O3. The summed E-state index contributed by atoms with van der Waals surface area (Å²) in [5.41, 5.74) is 2.95. The van der Waals surface area contributed by atoms with Crippen LogP contribution in [0.25, 0.3) is 11.2 Å². The highest BCUT2D eigenvalue weighted by Gasteiger charge is 2.45. The quantitative estimate of drug-likeness (QED) is 0.352. The molecule has 3 aliphatic rings. The molecule has 5 heterocycles. The number of carbonyl (C=O) groups is 2. The Morgan fingerprint density at radius 1 is 1.27 bits per heavy atom. The zero-order valence-electron chi connectivity index (χ0n) is 24.6. The Labute approximate surface area is 255 Å². The average Bonchev–Trinajstić information content (AvgIpc) is 3.77. The van der Waals surface area contributed by atoms with Gasteiger partial charge in [0.2, 0.25) is 11.8 Å². The number of aryl methyl sites for hydroxylation is 1. The summed E-state index contributed by atoms with van der Waals surface area (Å²) in [6, 6.07) is 2.61. The summed E-state index contributed by atoms with van der Waals surface area (Å²) < 4.78 is 77.3. The molecule has 1 saturated carbocycles. The SMILES string of the molecule is CCn1nccc1C(=O)N[C@H](c1cn2nc(C[C@H]3C[C@@H](C(F)(F)F)CNC3=O)c(C3=CCOC3)cc2n1)C1CCC(F)(F)CC1. The third-order valence-corrected chi connectivity index (χ3v) is 9.05. The van der Waals surface area contributed by atoms with Gasteiger partial charge in [0.25, 0.3) is 5.91 Å². The summed E-state index contributed by atoms with van der Waals surface area (Å²) in [5, 5.41) is 14.3. The summed E-state index contributed by atoms with van der Waals surface area (Å²) in [7, 11) is 0. The largest absolute Gasteiger partial charge is 0.393 e. The number of aromatic nitrogens is 5. The van der Waals surface area contributed by atoms with Crippen molar-refractivity contribution >= 4 is 23.0 Å². The number of imidazole rings is 1. The maximum absolute atomic E-state index is 14.1. The first-order valence-corrected chi connectivity index (χ1v) is 15.1. The molecule has 0 bridgehead atoms. The van der Waals surface area contributed by atoms with Gasteiger partial charge in [0.05, 0.1) is 42.8 Å². The molecule has 1 aliphatic carbocycles. The van der Waals surface area contributed by atoms with Crippen molar-refractivity contribution in [2.45, 2.75) is 70.1 Å². The smallest absolute Gasteiger partial charge is 0.373 e. The second-order valence-corrected chi connectivity index (χ2v) is 12.0. The molecule has 6 rings (SSSR count). The molecule has 2 N–H and O–H groups in total. The van der Waals surface area contributed by atoms with Gasteiger partial charge in [-0.15, -0.1) is 0 Å². The van der Waals surface area contributed by atoms with Gasteiger partial charge in [-0.2, -0.15) is 23.4 Å². The van der Waals surface area contributed by atoms with Gasteiger partial charge in [-0.1, -0.05) is 6.08 Å². The maximum Gasteiger partial charge on any atom is 0.393 e. The highest BCUT2D eigenvalue weighted by molar-refractivity contribution is 5.92. The van der Waals surface area contributed by atoms with Gasteiger partial charge in [0, 0.05) is 50.0 Å². The van der Waals surface area contributed by atoms with E-state index < -0.39 is 48.3 Å². The summed E-state index contributed by atoms with van der Waals surface area (Å²) in [4.78, 5) is 30.8. The molecule has 1 saturated heterocycles. The number of halogens is 5. The van der Waals surface area contributed by atoms with Crippen LogP contribution in [0.5, 0.6) is 0 Å². The Hall–Kier alpha value is -3.88. The van der Waals surface area contributed by atoms with E-state index in [0.717, 1.165) is 5.57 Å². The van der Waals surface area contributed by atoms with Crippen LogP contribution in [0.3, 0.4) is 0 Å². The van der Waals surface area contributed by atoms with Crippen LogP contribution in [-0.2, 0) is 22.5 Å². The highest BCUT2D eigenvalue weighted by atomic mass is 19.4. The number of ether oxygens (including phenoxy) is 1. The molecular weight excluding hydrogens is 601 g/mol. The summed E-state index contributed by atoms with van der Waals surface area (Å²) in [6.45, 7) is 2.47. The fourth-order valence-corrected chi connectivity index (χ4v) is 6.51. The fraction of sp³-hybridized carbons (Fsp3) is 0.567. The number of nitrogens with one attached hydrogen (secondary N) is 2. The molecule has 2 aliphatic heterocycles. The lowest BCUT2D eigenvalue weighted by molar-refractivity contribution is -0.183. The Kier molecular flexibility index (Phi) is 8.39. The maximum atomic E-state index is 14.1. The zero-order chi connectivity index (χ0) is 31.9. The van der Waals surface area contributed by atoms with E-state index in [4.69, 9.17) is 14.8 Å². The van der Waals surface area contributed by atoms with Gasteiger partial charge < -0.3 is 15.4 Å². The van der Waals surface area contributed by atoms with E-state index in [9.17, 15) is 31.5 Å². The minimum Gasteiger partial charge on any atom is -0.373 e. The molecule has 2 fully saturated rings. The molecule has 3 aromatic heterocycles. The zero-order valence-corrected chi connectivity index (χ0v) is 24.6. The van der Waals surface area contributed by atoms with E-state index in [1.165, 1.54) is 15.4 Å². The number of fused-ring (bicyclic) bond motifs is 1. The lowest BCUT2D eigenvalue weighted by atomic mass is 9.81. The molecule has 15 heteroatoms. The molecule has 0 aromatic carbocycles. The molecule has 242 valence electrons. The van der Waals surface area contributed by atoms with Crippen LogP contribution in [-0.4, -0.2) is 68.1 Å². The third-order valence-electron chi connectivity index (χ3n) is 9.05. The van der Waals surface area contributed by atoms with Crippen molar-refractivity contribution in [3.8, 4) is 0 Å². The Morgan fingerprint density at radius 2 is 2.04 bits per heavy atom. The second kappa shape index (κ2) is 12.1. The molecule has 45 heavy (non-hydrogen) atoms. The predicted octanol–water partition coefficient (Wildman–Crippen LogP) is 4.51. The molecule has 3 atom stereocenters. The van der Waals surface area contributed by atoms with Crippen LogP contribution in [0.4, 0.5) is 22.0 Å². The van der Waals surface area contributed by atoms with Crippen LogP contribution in [0.15, 0.2) is 30.6 Å². The van der Waals surface area contributed by atoms with Crippen molar-refractivity contribution in [2.24, 2.45) is 17.8 Å². The van der Waals surface area contributed by atoms with E-state index in [2.05, 4.69) is 15.7 Å². The van der Waals surface area contributed by atoms with Crippen LogP contribution >= 0.6 is 0 Å². The Balaban J connectivity index is 1.36. The number of piperidine rings is 1. The normalized spacial score (nSPS) is 23.2. The van der Waals surface area contributed by atoms with Crippen molar-refractivity contribution < 1.29 is 36.3 Å². The molecule has 0 radical (unpaired) electrons. The van der Waals surface area contributed by atoms with Crippen molar-refractivity contribution in [3.63, 3.8) is 0 Å². The Bertz CT molecular complexity index is 1600. The number of carbonyl (C=O) groups excluding carboxylic acids is 2. The summed E-state index contributed by atoms with van der Waals surface area (Å²) in [5.74, 6) is -6.58. The minimum absolute atomic E-state index is 0.0343. The van der Waals surface area contributed by atoms with Gasteiger partial charge in [-0.25, -0.2) is 18.3 Å². The lowest BCUT2D eigenvalue weighted by Gasteiger charge is -2.33. The van der Waals surface area contributed by atoms with Crippen LogP contribution in [0, 0.1) is 17.8 Å². The summed E-state index contributed by atoms with van der Waals surface area (Å²) >= 11 is 0. The summed E-state index contributed by atoms with van der Waals surface area (Å²) in [6.07, 6.45) is -0.142. The van der Waals surface area contributed by atoms with Gasteiger partial charge in [0.15, 0.2) is 5.65 Å². The van der Waals surface area contributed by atoms with Crippen molar-refractivity contribution in [3.05, 3.63) is 53.2 Å². The standard InChI is InChI=1S/C30H34F5N7O3/c1-2-41-24(5-9-37-41)28(44)39-26(17-3-7-29(31,32)8-4-17)23-15-42-25(38-23)13-21(18-6-10-45-16-18)22(40-42)12-19-11-20(30(33,34)35)14-36-27(19)43/h5-6,9,13,15,17,19-20,26H,2-4,7-8,10-12,14,16H2,1H3,(H,36,43)(H,39,44)/t19-,20-,26+/m1/s1. The lowest BCUT2D eigenvalue weighted by Crippen LogP contribution is -2.47. The van der Waals surface area contributed by atoms with E-state index in [0.29, 0.717) is 41.4 Å². The van der Waals surface area contributed by atoms with E-state index in [1.807, 2.05) is 13.0 Å². The van der Waals surface area contributed by atoms with Gasteiger partial charge in [0.1, 0.15) is 5.69 Å². The fourth-order valence-electron chi connectivity index (χ4n) is 6.51. The number of alkyl halides is 5. The highest BCUT2D eigenvalue weighted by Crippen LogP contribution is 2.42. The second-order valence-electron chi connectivity index (χ2n) is 12.0. The Morgan fingerprint density at radius 3 is 2.73 bits per heavy atom. The van der Waals surface area contributed by atoms with Crippen molar-refractivity contribution in [1.29, 1.82) is 0 Å². The van der Waals surface area contributed by atoms with Gasteiger partial charge >= 0.3 is 6.18 Å². The number of nitrogens with zero attached hydrogens (tertiary/aromatic N) is 5. The first kappa shape index (κ1) is 31.1. The van der Waals surface area contributed by atoms with Crippen LogP contribution < -0.4 is 10.6 Å². The average molecular weight is 636 g/mol. The monoisotopic (exact) mass is 635 g/mol. The van der Waals surface area contributed by atoms with Gasteiger partial charge in [-0.3, -0.25) is 14.3 Å². The van der Waals surface area contributed by atoms with Gasteiger partial charge in [-0.05, 0) is 49.8 Å². The molecule has 10 nitrogen and oxygen atoms in total. The number of hydrogen-bond donors (Lipinski definition) is 2. The van der Waals surface area contributed by atoms with Crippen LogP contribution in [0.1, 0.15) is 72.5 Å². The van der Waals surface area contributed by atoms with Crippen molar-refractivity contribution in [1.82, 2.24) is 35.0 Å².